The Kier molecular flexibility index (Phi) is 7.64. The second-order valence-electron chi connectivity index (χ2n) is 10.3. The van der Waals surface area contributed by atoms with Crippen LogP contribution in [0.25, 0.3) is 22.4 Å². The zero-order valence-corrected chi connectivity index (χ0v) is 23.9. The van der Waals surface area contributed by atoms with E-state index in [1.807, 2.05) is 0 Å². The van der Waals surface area contributed by atoms with E-state index in [0.29, 0.717) is 16.5 Å². The molecule has 4 aromatic rings. The number of nitrogens with two attached hydrogens (primary N) is 1. The first-order chi connectivity index (χ1) is 20.6. The highest BCUT2D eigenvalue weighted by Crippen LogP contribution is 2.46. The molecule has 1 amide bonds. The normalized spacial score (nSPS) is 16.7. The number of phenols is 1. The monoisotopic (exact) mass is 638 g/mol. The van der Waals surface area contributed by atoms with E-state index in [1.54, 1.807) is 19.1 Å². The molecule has 5 rings (SSSR count). The maximum absolute atomic E-state index is 13.7. The number of rotatable bonds is 8. The predicted octanol–water partition coefficient (Wildman–Crippen LogP) is 5.39. The highest BCUT2D eigenvalue weighted by Gasteiger charge is 2.57. The Bertz CT molecular complexity index is 1810. The molecule has 3 heterocycles. The van der Waals surface area contributed by atoms with E-state index in [2.05, 4.69) is 25.1 Å². The molecule has 0 fully saturated rings. The van der Waals surface area contributed by atoms with Gasteiger partial charge in [0.15, 0.2) is 5.82 Å². The molecule has 16 heteroatoms. The number of methoxy groups -OCH3 is 1. The molecule has 0 saturated carbocycles. The van der Waals surface area contributed by atoms with Crippen LogP contribution in [0.3, 0.4) is 0 Å². The Balaban J connectivity index is 1.53. The lowest BCUT2D eigenvalue weighted by Gasteiger charge is -2.24. The molecular formula is C28H24ClF5N6O4. The average molecular weight is 639 g/mol. The number of aromatic hydroxyl groups is 1. The molecule has 1 atom stereocenters. The number of halogens is 6. The van der Waals surface area contributed by atoms with Crippen LogP contribution in [0.1, 0.15) is 36.5 Å². The zero-order valence-electron chi connectivity index (χ0n) is 23.1. The SMILES string of the molecule is COC(=O)CCc1ccc(C2(C)C(=O)Nc3nc(-c4nn(CCC(F)(F)C(F)(F)F)c5cc(Cl)ccc45)nc(N)c32)cc1O. The Labute approximate surface area is 251 Å². The number of carbonyl (C=O) groups is 2. The fourth-order valence-corrected chi connectivity index (χ4v) is 5.25. The van der Waals surface area contributed by atoms with Crippen molar-refractivity contribution in [2.75, 3.05) is 18.2 Å². The van der Waals surface area contributed by atoms with Crippen molar-refractivity contribution in [2.45, 2.75) is 50.2 Å². The Morgan fingerprint density at radius 1 is 1.16 bits per heavy atom. The fourth-order valence-electron chi connectivity index (χ4n) is 5.08. The van der Waals surface area contributed by atoms with Crippen molar-refractivity contribution in [1.82, 2.24) is 19.7 Å². The van der Waals surface area contributed by atoms with Crippen molar-refractivity contribution in [2.24, 2.45) is 0 Å². The van der Waals surface area contributed by atoms with E-state index in [1.165, 1.54) is 31.4 Å². The van der Waals surface area contributed by atoms with E-state index in [0.717, 1.165) is 4.68 Å². The molecule has 232 valence electrons. The average Bonchev–Trinajstić information content (AvgIpc) is 3.44. The summed E-state index contributed by atoms with van der Waals surface area (Å²) in [7, 11) is 1.25. The molecule has 4 N–H and O–H groups in total. The number of benzene rings is 2. The minimum absolute atomic E-state index is 0.0111. The van der Waals surface area contributed by atoms with Gasteiger partial charge < -0.3 is 20.9 Å². The molecule has 0 bridgehead atoms. The van der Waals surface area contributed by atoms with Gasteiger partial charge in [0.1, 0.15) is 28.5 Å². The molecule has 0 radical (unpaired) electrons. The van der Waals surface area contributed by atoms with Crippen LogP contribution < -0.4 is 11.1 Å². The standard InChI is InChI=1S/C28H24ClF5N6O4/c1-26(14-5-3-13(18(41)11-14)4-8-19(42)44-2)20-22(35)36-24(37-23(20)38-25(26)43)21-16-7-6-15(29)12-17(16)40(39-21)10-9-27(30,31)28(32,33)34/h3,5-7,11-12,41H,4,8-10H2,1-2H3,(H3,35,36,37,38,43). The fraction of sp³-hybridized carbons (Fsp3) is 0.321. The number of aromatic nitrogens is 4. The number of nitrogen functional groups attached to an aromatic ring is 1. The lowest BCUT2D eigenvalue weighted by atomic mass is 9.77. The van der Waals surface area contributed by atoms with Crippen molar-refractivity contribution < 1.29 is 41.4 Å². The Hall–Kier alpha value is -4.53. The summed E-state index contributed by atoms with van der Waals surface area (Å²) in [5.74, 6) is -6.34. The lowest BCUT2D eigenvalue weighted by molar-refractivity contribution is -0.285. The van der Waals surface area contributed by atoms with Gasteiger partial charge in [0.05, 0.1) is 18.2 Å². The zero-order chi connectivity index (χ0) is 32.2. The molecule has 1 aliphatic rings. The number of nitrogens with one attached hydrogen (secondary N) is 1. The number of alkyl halides is 5. The molecule has 0 aliphatic carbocycles. The first-order valence-corrected chi connectivity index (χ1v) is 13.4. The van der Waals surface area contributed by atoms with Gasteiger partial charge in [-0.1, -0.05) is 23.7 Å². The Morgan fingerprint density at radius 3 is 2.55 bits per heavy atom. The van der Waals surface area contributed by atoms with Gasteiger partial charge in [-0.2, -0.15) is 27.1 Å². The number of esters is 1. The van der Waals surface area contributed by atoms with Gasteiger partial charge in [-0.3, -0.25) is 14.3 Å². The number of anilines is 2. The number of hydrogen-bond acceptors (Lipinski definition) is 8. The summed E-state index contributed by atoms with van der Waals surface area (Å²) in [6.45, 7) is 0.751. The number of phenolic OH excluding ortho intramolecular Hbond substituents is 1. The number of hydrogen-bond donors (Lipinski definition) is 3. The number of fused-ring (bicyclic) bond motifs is 2. The molecule has 2 aromatic carbocycles. The van der Waals surface area contributed by atoms with Gasteiger partial charge >= 0.3 is 18.1 Å². The number of aryl methyl sites for hydroxylation is 2. The smallest absolute Gasteiger partial charge is 0.453 e. The van der Waals surface area contributed by atoms with Crippen LogP contribution in [0.2, 0.25) is 5.02 Å². The molecule has 10 nitrogen and oxygen atoms in total. The molecule has 44 heavy (non-hydrogen) atoms. The third-order valence-electron chi connectivity index (χ3n) is 7.59. The van der Waals surface area contributed by atoms with E-state index in [4.69, 9.17) is 17.3 Å². The van der Waals surface area contributed by atoms with Crippen molar-refractivity contribution in [3.8, 4) is 17.3 Å². The van der Waals surface area contributed by atoms with E-state index in [9.17, 15) is 36.6 Å². The maximum Gasteiger partial charge on any atom is 0.453 e. The van der Waals surface area contributed by atoms with Gasteiger partial charge in [-0.15, -0.1) is 0 Å². The molecule has 1 unspecified atom stereocenters. The first kappa shape index (κ1) is 30.9. The van der Waals surface area contributed by atoms with Crippen LogP contribution >= 0.6 is 11.6 Å². The van der Waals surface area contributed by atoms with E-state index in [-0.39, 0.29) is 57.8 Å². The molecule has 1 aliphatic heterocycles. The van der Waals surface area contributed by atoms with E-state index >= 15 is 0 Å². The number of ether oxygens (including phenoxy) is 1. The first-order valence-electron chi connectivity index (χ1n) is 13.1. The van der Waals surface area contributed by atoms with Crippen LogP contribution in [0.15, 0.2) is 36.4 Å². The molecule has 2 aromatic heterocycles. The van der Waals surface area contributed by atoms with Crippen molar-refractivity contribution in [3.63, 3.8) is 0 Å². The van der Waals surface area contributed by atoms with Crippen LogP contribution in [0.4, 0.5) is 33.6 Å². The van der Waals surface area contributed by atoms with Crippen molar-refractivity contribution >= 4 is 46.0 Å². The number of amides is 1. The predicted molar refractivity (Wildman–Crippen MR) is 149 cm³/mol. The lowest BCUT2D eigenvalue weighted by Crippen LogP contribution is -2.37. The van der Waals surface area contributed by atoms with Crippen LogP contribution in [0, 0.1) is 0 Å². The topological polar surface area (TPSA) is 145 Å². The third kappa shape index (κ3) is 5.25. The van der Waals surface area contributed by atoms with Crippen molar-refractivity contribution in [3.05, 3.63) is 58.1 Å². The summed E-state index contributed by atoms with van der Waals surface area (Å²) in [5.41, 5.74) is 6.08. The number of carbonyl (C=O) groups excluding carboxylic acids is 2. The van der Waals surface area contributed by atoms with Crippen LogP contribution in [-0.2, 0) is 32.7 Å². The summed E-state index contributed by atoms with van der Waals surface area (Å²) in [4.78, 5) is 33.6. The summed E-state index contributed by atoms with van der Waals surface area (Å²) in [5, 5.41) is 18.0. The molecular weight excluding hydrogens is 615 g/mol. The Morgan fingerprint density at radius 2 is 1.89 bits per heavy atom. The molecule has 0 saturated heterocycles. The summed E-state index contributed by atoms with van der Waals surface area (Å²) >= 11 is 6.07. The van der Waals surface area contributed by atoms with Gasteiger partial charge in [0, 0.05) is 29.8 Å². The van der Waals surface area contributed by atoms with Gasteiger partial charge in [-0.05, 0) is 48.7 Å². The highest BCUT2D eigenvalue weighted by molar-refractivity contribution is 6.31. The molecule has 0 spiro atoms. The van der Waals surface area contributed by atoms with Crippen LogP contribution in [-0.4, -0.2) is 55.9 Å². The minimum atomic E-state index is -5.74. The highest BCUT2D eigenvalue weighted by atomic mass is 35.5. The summed E-state index contributed by atoms with van der Waals surface area (Å²) in [6, 6.07) is 8.87. The quantitative estimate of drug-likeness (QED) is 0.172. The third-order valence-corrected chi connectivity index (χ3v) is 7.82. The van der Waals surface area contributed by atoms with Gasteiger partial charge in [0.2, 0.25) is 5.91 Å². The summed E-state index contributed by atoms with van der Waals surface area (Å²) in [6.07, 6.45) is -7.07. The largest absolute Gasteiger partial charge is 0.508 e. The van der Waals surface area contributed by atoms with E-state index < -0.39 is 42.4 Å². The second kappa shape index (κ2) is 10.9. The second-order valence-corrected chi connectivity index (χ2v) is 10.8. The van der Waals surface area contributed by atoms with Gasteiger partial charge in [0.25, 0.3) is 0 Å². The van der Waals surface area contributed by atoms with Gasteiger partial charge in [-0.25, -0.2) is 9.97 Å². The number of nitrogens with zero attached hydrogens (tertiary/aromatic N) is 4. The maximum atomic E-state index is 13.7. The summed E-state index contributed by atoms with van der Waals surface area (Å²) < 4.78 is 71.4. The van der Waals surface area contributed by atoms with Crippen LogP contribution in [0.5, 0.6) is 5.75 Å². The van der Waals surface area contributed by atoms with Crippen molar-refractivity contribution in [1.29, 1.82) is 0 Å². The minimum Gasteiger partial charge on any atom is -0.508 e.